The van der Waals surface area contributed by atoms with Gasteiger partial charge >= 0.3 is 16.2 Å². The molecule has 0 unspecified atom stereocenters. The van der Waals surface area contributed by atoms with Gasteiger partial charge in [-0.05, 0) is 36.8 Å². The fourth-order valence-electron chi connectivity index (χ4n) is 2.29. The largest absolute Gasteiger partial charge is 0.449 e. The van der Waals surface area contributed by atoms with E-state index in [1.165, 1.54) is 12.1 Å². The van der Waals surface area contributed by atoms with Crippen molar-refractivity contribution in [3.05, 3.63) is 48.5 Å². The van der Waals surface area contributed by atoms with Crippen molar-refractivity contribution >= 4 is 33.2 Å². The average molecular weight is 389 g/mol. The van der Waals surface area contributed by atoms with Crippen molar-refractivity contribution in [1.29, 1.82) is 0 Å². The number of nitrogens with one attached hydrogen (secondary N) is 2. The summed E-state index contributed by atoms with van der Waals surface area (Å²) in [6, 6.07) is 12.6. The number of amides is 1. The van der Waals surface area contributed by atoms with Gasteiger partial charge in [0.15, 0.2) is 0 Å². The molecule has 0 spiro atoms. The van der Waals surface area contributed by atoms with Crippen LogP contribution in [-0.2, 0) is 14.9 Å². The number of para-hydroxylation sites is 1. The minimum atomic E-state index is -4.00. The number of nitrogens with zero attached hydrogens (tertiary/aromatic N) is 1. The summed E-state index contributed by atoms with van der Waals surface area (Å²) >= 11 is 0. The molecule has 0 aliphatic rings. The third kappa shape index (κ3) is 4.76. The molecular weight excluding hydrogens is 370 g/mol. The number of H-pyrrole nitrogens is 1. The second-order valence-electron chi connectivity index (χ2n) is 5.73. The van der Waals surface area contributed by atoms with Gasteiger partial charge in [0.05, 0.1) is 17.6 Å². The molecule has 0 radical (unpaired) electrons. The molecule has 1 aromatic heterocycles. The van der Waals surface area contributed by atoms with Gasteiger partial charge in [-0.3, -0.25) is 5.32 Å². The first kappa shape index (κ1) is 18.7. The van der Waals surface area contributed by atoms with Crippen molar-refractivity contribution in [1.82, 2.24) is 9.97 Å². The third-order valence-electron chi connectivity index (χ3n) is 3.64. The Morgan fingerprint density at radius 3 is 2.70 bits per heavy atom. The monoisotopic (exact) mass is 389 g/mol. The molecule has 9 heteroatoms. The van der Waals surface area contributed by atoms with E-state index in [-0.39, 0.29) is 16.6 Å². The quantitative estimate of drug-likeness (QED) is 0.471. The number of carbonyl (C=O) groups is 1. The normalized spacial score (nSPS) is 11.3. The number of ether oxygens (including phenoxy) is 1. The maximum absolute atomic E-state index is 12.4. The molecule has 142 valence electrons. The van der Waals surface area contributed by atoms with Gasteiger partial charge in [0.1, 0.15) is 10.6 Å². The molecule has 8 nitrogen and oxygen atoms in total. The molecule has 0 aliphatic carbocycles. The van der Waals surface area contributed by atoms with Gasteiger partial charge in [-0.15, -0.1) is 0 Å². The molecular formula is C18H19N3O5S. The molecule has 0 fully saturated rings. The predicted molar refractivity (Wildman–Crippen MR) is 100 cm³/mol. The molecule has 0 saturated carbocycles. The highest BCUT2D eigenvalue weighted by atomic mass is 32.2. The van der Waals surface area contributed by atoms with E-state index in [2.05, 4.69) is 15.3 Å². The zero-order valence-corrected chi connectivity index (χ0v) is 15.5. The molecule has 27 heavy (non-hydrogen) atoms. The summed E-state index contributed by atoms with van der Waals surface area (Å²) in [6.07, 6.45) is 1.07. The van der Waals surface area contributed by atoms with Crippen molar-refractivity contribution < 1.29 is 22.1 Å². The standard InChI is InChI=1S/C18H19N3O5S/c1-2-3-11-25-18(22)21-17-19-15-10-9-14(12-16(15)20-17)27(23,24)26-13-7-5-4-6-8-13/h4-10,12H,2-3,11H2,1H3,(H2,19,20,21,22). The first-order valence-electron chi connectivity index (χ1n) is 8.41. The summed E-state index contributed by atoms with van der Waals surface area (Å²) < 4.78 is 35.0. The lowest BCUT2D eigenvalue weighted by atomic mass is 10.3. The number of anilines is 1. The van der Waals surface area contributed by atoms with E-state index in [0.29, 0.717) is 17.6 Å². The first-order valence-corrected chi connectivity index (χ1v) is 9.82. The fourth-order valence-corrected chi connectivity index (χ4v) is 3.24. The molecule has 2 aromatic carbocycles. The number of aromatic nitrogens is 2. The molecule has 1 amide bonds. The van der Waals surface area contributed by atoms with Crippen LogP contribution in [0.1, 0.15) is 19.8 Å². The molecule has 0 bridgehead atoms. The SMILES string of the molecule is CCCCOC(=O)Nc1nc2cc(S(=O)(=O)Oc3ccccc3)ccc2[nH]1. The van der Waals surface area contributed by atoms with Crippen molar-refractivity contribution in [2.45, 2.75) is 24.7 Å². The van der Waals surface area contributed by atoms with Crippen LogP contribution in [-0.4, -0.2) is 31.1 Å². The molecule has 0 aliphatic heterocycles. The Kier molecular flexibility index (Phi) is 5.60. The Balaban J connectivity index is 1.76. The molecule has 1 heterocycles. The molecule has 3 aromatic rings. The lowest BCUT2D eigenvalue weighted by molar-refractivity contribution is 0.159. The van der Waals surface area contributed by atoms with Crippen LogP contribution in [0.2, 0.25) is 0 Å². The van der Waals surface area contributed by atoms with Gasteiger partial charge in [0, 0.05) is 0 Å². The minimum Gasteiger partial charge on any atom is -0.449 e. The summed E-state index contributed by atoms with van der Waals surface area (Å²) in [4.78, 5) is 18.7. The summed E-state index contributed by atoms with van der Waals surface area (Å²) in [5.74, 6) is 0.391. The topological polar surface area (TPSA) is 110 Å². The van der Waals surface area contributed by atoms with Gasteiger partial charge in [-0.1, -0.05) is 31.5 Å². The highest BCUT2D eigenvalue weighted by Crippen LogP contribution is 2.22. The van der Waals surface area contributed by atoms with Crippen LogP contribution in [0.5, 0.6) is 5.75 Å². The van der Waals surface area contributed by atoms with Crippen LogP contribution < -0.4 is 9.50 Å². The van der Waals surface area contributed by atoms with Gasteiger partial charge in [0.2, 0.25) is 5.95 Å². The zero-order valence-electron chi connectivity index (χ0n) is 14.6. The van der Waals surface area contributed by atoms with E-state index >= 15 is 0 Å². The fraction of sp³-hybridized carbons (Fsp3) is 0.222. The van der Waals surface area contributed by atoms with Crippen molar-refractivity contribution in [2.75, 3.05) is 11.9 Å². The van der Waals surface area contributed by atoms with E-state index in [9.17, 15) is 13.2 Å². The van der Waals surface area contributed by atoms with E-state index < -0.39 is 16.2 Å². The van der Waals surface area contributed by atoms with E-state index in [1.54, 1.807) is 36.4 Å². The predicted octanol–water partition coefficient (Wildman–Crippen LogP) is 3.68. The number of aromatic amines is 1. The van der Waals surface area contributed by atoms with Crippen LogP contribution in [0.4, 0.5) is 10.7 Å². The van der Waals surface area contributed by atoms with E-state index in [4.69, 9.17) is 8.92 Å². The van der Waals surface area contributed by atoms with Crippen LogP contribution in [0, 0.1) is 0 Å². The summed E-state index contributed by atoms with van der Waals surface area (Å²) in [5, 5.41) is 2.48. The highest BCUT2D eigenvalue weighted by molar-refractivity contribution is 7.87. The Morgan fingerprint density at radius 2 is 1.96 bits per heavy atom. The van der Waals surface area contributed by atoms with Crippen molar-refractivity contribution in [3.63, 3.8) is 0 Å². The van der Waals surface area contributed by atoms with E-state index in [0.717, 1.165) is 12.8 Å². The van der Waals surface area contributed by atoms with Gasteiger partial charge in [-0.25, -0.2) is 9.78 Å². The van der Waals surface area contributed by atoms with E-state index in [1.807, 2.05) is 6.92 Å². The number of carbonyl (C=O) groups excluding carboxylic acids is 1. The molecule has 0 atom stereocenters. The number of hydrogen-bond donors (Lipinski definition) is 2. The average Bonchev–Trinajstić information content (AvgIpc) is 3.03. The van der Waals surface area contributed by atoms with Crippen LogP contribution in [0.3, 0.4) is 0 Å². The van der Waals surface area contributed by atoms with Crippen molar-refractivity contribution in [2.24, 2.45) is 0 Å². The molecule has 2 N–H and O–H groups in total. The number of benzene rings is 2. The maximum atomic E-state index is 12.4. The third-order valence-corrected chi connectivity index (χ3v) is 4.89. The lowest BCUT2D eigenvalue weighted by Crippen LogP contribution is -2.15. The maximum Gasteiger partial charge on any atom is 0.413 e. The Hall–Kier alpha value is -3.07. The summed E-state index contributed by atoms with van der Waals surface area (Å²) in [6.45, 7) is 2.31. The van der Waals surface area contributed by atoms with Crippen LogP contribution in [0.15, 0.2) is 53.4 Å². The number of unbranched alkanes of at least 4 members (excludes halogenated alkanes) is 1. The number of imidazole rings is 1. The first-order chi connectivity index (χ1) is 13.0. The lowest BCUT2D eigenvalue weighted by Gasteiger charge is -2.06. The summed E-state index contributed by atoms with van der Waals surface area (Å²) in [7, 11) is -4.00. The highest BCUT2D eigenvalue weighted by Gasteiger charge is 2.18. The van der Waals surface area contributed by atoms with Crippen molar-refractivity contribution in [3.8, 4) is 5.75 Å². The number of fused-ring (bicyclic) bond motifs is 1. The zero-order chi connectivity index (χ0) is 19.3. The minimum absolute atomic E-state index is 0.0394. The van der Waals surface area contributed by atoms with Gasteiger partial charge < -0.3 is 13.9 Å². The second kappa shape index (κ2) is 8.09. The second-order valence-corrected chi connectivity index (χ2v) is 7.28. The smallest absolute Gasteiger partial charge is 0.413 e. The van der Waals surface area contributed by atoms with Crippen LogP contribution >= 0.6 is 0 Å². The Labute approximate surface area is 156 Å². The summed E-state index contributed by atoms with van der Waals surface area (Å²) in [5.41, 5.74) is 0.939. The van der Waals surface area contributed by atoms with Gasteiger partial charge in [0.25, 0.3) is 0 Å². The number of hydrogen-bond acceptors (Lipinski definition) is 6. The Morgan fingerprint density at radius 1 is 1.19 bits per heavy atom. The van der Waals surface area contributed by atoms with Crippen LogP contribution in [0.25, 0.3) is 11.0 Å². The molecule has 3 rings (SSSR count). The number of rotatable bonds is 7. The molecule has 0 saturated heterocycles. The van der Waals surface area contributed by atoms with Gasteiger partial charge in [-0.2, -0.15) is 8.42 Å². The Bertz CT molecular complexity index is 1030.